The monoisotopic (exact) mass is 574 g/mol. The number of amides is 2. The first-order chi connectivity index (χ1) is 20.2. The fourth-order valence-corrected chi connectivity index (χ4v) is 5.86. The predicted octanol–water partition coefficient (Wildman–Crippen LogP) is 5.30. The zero-order valence-electron chi connectivity index (χ0n) is 23.1. The lowest BCUT2D eigenvalue weighted by Gasteiger charge is -2.44. The van der Waals surface area contributed by atoms with E-state index in [2.05, 4.69) is 4.98 Å². The Labute approximate surface area is 242 Å². The molecule has 0 spiro atoms. The van der Waals surface area contributed by atoms with Gasteiger partial charge in [0, 0.05) is 36.8 Å². The second-order valence-electron chi connectivity index (χ2n) is 10.8. The molecule has 2 amide bonds. The normalized spacial score (nSPS) is 18.0. The highest BCUT2D eigenvalue weighted by molar-refractivity contribution is 5.85. The van der Waals surface area contributed by atoms with Gasteiger partial charge in [-0.25, -0.2) is 0 Å². The second-order valence-corrected chi connectivity index (χ2v) is 10.8. The minimum atomic E-state index is -5.04. The molecule has 1 aromatic heterocycles. The van der Waals surface area contributed by atoms with Crippen LogP contribution < -0.4 is 5.73 Å². The van der Waals surface area contributed by atoms with E-state index in [4.69, 9.17) is 5.73 Å². The molecule has 9 heteroatoms. The Bertz CT molecular complexity index is 1510. The summed E-state index contributed by atoms with van der Waals surface area (Å²) in [4.78, 5) is 33.5. The van der Waals surface area contributed by atoms with Crippen molar-refractivity contribution in [3.8, 4) is 0 Å². The van der Waals surface area contributed by atoms with Crippen molar-refractivity contribution in [2.45, 2.75) is 56.5 Å². The van der Waals surface area contributed by atoms with Crippen molar-refractivity contribution >= 4 is 22.7 Å². The molecule has 4 aromatic rings. The van der Waals surface area contributed by atoms with Crippen molar-refractivity contribution < 1.29 is 22.8 Å². The van der Waals surface area contributed by atoms with E-state index in [9.17, 15) is 22.8 Å². The van der Waals surface area contributed by atoms with Crippen LogP contribution in [0.2, 0.25) is 0 Å². The summed E-state index contributed by atoms with van der Waals surface area (Å²) in [6, 6.07) is 25.9. The number of halogens is 3. The smallest absolute Gasteiger partial charge is 0.338 e. The summed E-state index contributed by atoms with van der Waals surface area (Å²) < 4.78 is 41.8. The standard InChI is InChI=1S/C33H33F3N4O2/c34-33(35,36)32(42)40(22-25-15-17-38-30-14-8-7-13-28(25)30)26-16-18-39(27(21-26)19-23-9-3-1-4-10-23)31(41)29(37)20-24-11-5-2-6-12-24/h1-15,17,26-27,29H,16,18-22,37H2/t26?,27?,29-/m1/s1. The summed E-state index contributed by atoms with van der Waals surface area (Å²) >= 11 is 0. The molecule has 218 valence electrons. The highest BCUT2D eigenvalue weighted by Gasteiger charge is 2.46. The van der Waals surface area contributed by atoms with Crippen molar-refractivity contribution in [2.24, 2.45) is 5.73 Å². The number of hydrogen-bond acceptors (Lipinski definition) is 4. The van der Waals surface area contributed by atoms with Crippen LogP contribution in [-0.2, 0) is 29.0 Å². The molecule has 1 aliphatic heterocycles. The molecule has 2 heterocycles. The van der Waals surface area contributed by atoms with Crippen LogP contribution in [0.15, 0.2) is 97.2 Å². The molecular weight excluding hydrogens is 541 g/mol. The third-order valence-corrected chi connectivity index (χ3v) is 7.93. The number of nitrogens with two attached hydrogens (primary N) is 1. The molecule has 42 heavy (non-hydrogen) atoms. The lowest BCUT2D eigenvalue weighted by Crippen LogP contribution is -2.58. The summed E-state index contributed by atoms with van der Waals surface area (Å²) in [6.07, 6.45) is -2.30. The van der Waals surface area contributed by atoms with Crippen LogP contribution in [0.25, 0.3) is 10.9 Å². The number of benzene rings is 3. The lowest BCUT2D eigenvalue weighted by atomic mass is 9.89. The van der Waals surface area contributed by atoms with Gasteiger partial charge >= 0.3 is 12.1 Å². The average molecular weight is 575 g/mol. The molecule has 5 rings (SSSR count). The van der Waals surface area contributed by atoms with Crippen molar-refractivity contribution in [2.75, 3.05) is 6.54 Å². The SMILES string of the molecule is N[C@H](Cc1ccccc1)C(=O)N1CCC(N(Cc2ccnc3ccccc23)C(=O)C(F)(F)F)CC1Cc1ccccc1. The van der Waals surface area contributed by atoms with E-state index < -0.39 is 30.2 Å². The van der Waals surface area contributed by atoms with E-state index >= 15 is 0 Å². The Kier molecular flexibility index (Phi) is 8.87. The number of alkyl halides is 3. The van der Waals surface area contributed by atoms with Gasteiger partial charge in [-0.1, -0.05) is 78.9 Å². The van der Waals surface area contributed by atoms with Crippen LogP contribution in [-0.4, -0.2) is 57.4 Å². The Morgan fingerprint density at radius 1 is 0.929 bits per heavy atom. The molecule has 2 unspecified atom stereocenters. The fraction of sp³-hybridized carbons (Fsp3) is 0.303. The van der Waals surface area contributed by atoms with E-state index in [1.54, 1.807) is 41.4 Å². The van der Waals surface area contributed by atoms with Gasteiger partial charge in [-0.05, 0) is 54.5 Å². The van der Waals surface area contributed by atoms with E-state index in [1.165, 1.54) is 0 Å². The van der Waals surface area contributed by atoms with Gasteiger partial charge in [-0.15, -0.1) is 0 Å². The minimum Gasteiger partial charge on any atom is -0.338 e. The van der Waals surface area contributed by atoms with E-state index in [-0.39, 0.29) is 31.8 Å². The molecule has 0 bridgehead atoms. The van der Waals surface area contributed by atoms with E-state index in [1.807, 2.05) is 60.7 Å². The summed E-state index contributed by atoms with van der Waals surface area (Å²) in [5.74, 6) is -2.13. The zero-order valence-corrected chi connectivity index (χ0v) is 23.1. The molecular formula is C33H33F3N4O2. The maximum absolute atomic E-state index is 13.9. The highest BCUT2D eigenvalue weighted by Crippen LogP contribution is 2.31. The predicted molar refractivity (Wildman–Crippen MR) is 155 cm³/mol. The van der Waals surface area contributed by atoms with Crippen molar-refractivity contribution in [1.29, 1.82) is 0 Å². The third-order valence-electron chi connectivity index (χ3n) is 7.93. The Morgan fingerprint density at radius 2 is 1.57 bits per heavy atom. The number of nitrogens with zero attached hydrogens (tertiary/aromatic N) is 3. The minimum absolute atomic E-state index is 0.197. The van der Waals surface area contributed by atoms with Gasteiger partial charge in [0.25, 0.3) is 0 Å². The number of pyridine rings is 1. The van der Waals surface area contributed by atoms with Crippen molar-refractivity contribution in [3.63, 3.8) is 0 Å². The number of carbonyl (C=O) groups excluding carboxylic acids is 2. The zero-order chi connectivity index (χ0) is 29.7. The van der Waals surface area contributed by atoms with Gasteiger partial charge in [0.05, 0.1) is 11.6 Å². The van der Waals surface area contributed by atoms with E-state index in [0.29, 0.717) is 29.3 Å². The lowest BCUT2D eigenvalue weighted by molar-refractivity contribution is -0.190. The van der Waals surface area contributed by atoms with Gasteiger partial charge in [-0.3, -0.25) is 14.6 Å². The molecule has 1 aliphatic rings. The molecule has 3 aromatic carbocycles. The molecule has 1 fully saturated rings. The number of fused-ring (bicyclic) bond motifs is 1. The quantitative estimate of drug-likeness (QED) is 0.310. The van der Waals surface area contributed by atoms with Crippen LogP contribution in [0.4, 0.5) is 13.2 Å². The summed E-state index contributed by atoms with van der Waals surface area (Å²) in [5.41, 5.74) is 9.49. The van der Waals surface area contributed by atoms with Gasteiger partial charge in [0.15, 0.2) is 0 Å². The fourth-order valence-electron chi connectivity index (χ4n) is 5.86. The van der Waals surface area contributed by atoms with E-state index in [0.717, 1.165) is 16.0 Å². The molecule has 0 radical (unpaired) electrons. The van der Waals surface area contributed by atoms with Crippen LogP contribution in [0.3, 0.4) is 0 Å². The summed E-state index contributed by atoms with van der Waals surface area (Å²) in [6.45, 7) is -0.0201. The number of rotatable bonds is 8. The Balaban J connectivity index is 1.43. The third kappa shape index (κ3) is 6.79. The largest absolute Gasteiger partial charge is 0.471 e. The first kappa shape index (κ1) is 29.3. The number of hydrogen-bond donors (Lipinski definition) is 1. The topological polar surface area (TPSA) is 79.5 Å². The Hall–Kier alpha value is -4.24. The molecule has 0 saturated carbocycles. The first-order valence-electron chi connectivity index (χ1n) is 14.0. The molecule has 6 nitrogen and oxygen atoms in total. The van der Waals surface area contributed by atoms with Crippen LogP contribution in [0.1, 0.15) is 29.5 Å². The van der Waals surface area contributed by atoms with Crippen LogP contribution in [0.5, 0.6) is 0 Å². The van der Waals surface area contributed by atoms with Crippen molar-refractivity contribution in [3.05, 3.63) is 114 Å². The Morgan fingerprint density at radius 3 is 2.26 bits per heavy atom. The number of aromatic nitrogens is 1. The van der Waals surface area contributed by atoms with Crippen LogP contribution in [0, 0.1) is 0 Å². The summed E-state index contributed by atoms with van der Waals surface area (Å²) in [7, 11) is 0. The van der Waals surface area contributed by atoms with Gasteiger partial charge in [0.1, 0.15) is 0 Å². The van der Waals surface area contributed by atoms with Gasteiger partial charge in [0.2, 0.25) is 5.91 Å². The molecule has 1 saturated heterocycles. The first-order valence-corrected chi connectivity index (χ1v) is 14.0. The maximum atomic E-state index is 13.9. The second kappa shape index (κ2) is 12.7. The van der Waals surface area contributed by atoms with Gasteiger partial charge in [-0.2, -0.15) is 13.2 Å². The number of likely N-dealkylation sites (tertiary alicyclic amines) is 1. The number of para-hydroxylation sites is 1. The summed E-state index contributed by atoms with van der Waals surface area (Å²) in [5, 5.41) is 0.695. The highest BCUT2D eigenvalue weighted by atomic mass is 19.4. The number of carbonyl (C=O) groups is 2. The number of piperidine rings is 1. The van der Waals surface area contributed by atoms with Gasteiger partial charge < -0.3 is 15.5 Å². The average Bonchev–Trinajstić information content (AvgIpc) is 3.00. The molecule has 0 aliphatic carbocycles. The van der Waals surface area contributed by atoms with Crippen molar-refractivity contribution in [1.82, 2.24) is 14.8 Å². The van der Waals surface area contributed by atoms with Crippen LogP contribution >= 0.6 is 0 Å². The molecule has 3 atom stereocenters. The maximum Gasteiger partial charge on any atom is 0.471 e. The molecule has 2 N–H and O–H groups in total.